The van der Waals surface area contributed by atoms with E-state index in [-0.39, 0.29) is 33.9 Å². The van der Waals surface area contributed by atoms with Gasteiger partial charge in [-0.05, 0) is 172 Å². The van der Waals surface area contributed by atoms with Crippen molar-refractivity contribution in [1.29, 1.82) is 0 Å². The predicted octanol–water partition coefficient (Wildman–Crippen LogP) is 14.8. The molecule has 12 rings (SSSR count). The minimum Gasteiger partial charge on any atom is -0.334 e. The van der Waals surface area contributed by atoms with E-state index < -0.39 is 0 Å². The summed E-state index contributed by atoms with van der Waals surface area (Å²) in [5.74, 6) is 0. The molecule has 1 fully saturated rings. The highest BCUT2D eigenvalue weighted by Crippen LogP contribution is 2.62. The van der Waals surface area contributed by atoms with E-state index in [1.54, 1.807) is 0 Å². The Hall–Kier alpha value is -6.00. The van der Waals surface area contributed by atoms with Crippen molar-refractivity contribution < 1.29 is 0 Å². The number of para-hydroxylation sites is 1. The van der Waals surface area contributed by atoms with Crippen LogP contribution in [0.5, 0.6) is 0 Å². The van der Waals surface area contributed by atoms with Crippen molar-refractivity contribution >= 4 is 68.6 Å². The van der Waals surface area contributed by atoms with Gasteiger partial charge in [0.2, 0.25) is 0 Å². The molecule has 0 spiro atoms. The highest BCUT2D eigenvalue weighted by Gasteiger charge is 2.59. The molecule has 3 aliphatic heterocycles. The van der Waals surface area contributed by atoms with Gasteiger partial charge in [-0.15, -0.1) is 0 Å². The van der Waals surface area contributed by atoms with Gasteiger partial charge >= 0.3 is 0 Å². The summed E-state index contributed by atoms with van der Waals surface area (Å²) >= 11 is 0. The molecule has 0 bridgehead atoms. The van der Waals surface area contributed by atoms with Gasteiger partial charge < -0.3 is 14.7 Å². The summed E-state index contributed by atoms with van der Waals surface area (Å²) < 4.78 is 0. The van der Waals surface area contributed by atoms with Crippen LogP contribution in [0.3, 0.4) is 0 Å². The molecule has 4 heteroatoms. The number of nitrogens with zero attached hydrogens (tertiary/aromatic N) is 3. The van der Waals surface area contributed by atoms with E-state index in [0.29, 0.717) is 0 Å². The molecule has 0 aromatic heterocycles. The molecular formula is C63H66BN3. The van der Waals surface area contributed by atoms with E-state index in [4.69, 9.17) is 0 Å². The van der Waals surface area contributed by atoms with Crippen molar-refractivity contribution in [3.63, 3.8) is 0 Å². The first kappa shape index (κ1) is 42.4. The summed E-state index contributed by atoms with van der Waals surface area (Å²) in [5, 5.41) is 0. The molecule has 7 aromatic carbocycles. The molecule has 3 heterocycles. The van der Waals surface area contributed by atoms with Crippen LogP contribution in [0.4, 0.5) is 45.5 Å². The lowest BCUT2D eigenvalue weighted by atomic mass is 9.33. The SMILES string of the molecule is Cc1cc2c3c(c1)N(c1ccc(C(C)(C)C)cc1-c1ccccc1)c1cc4c(cc1B3c1ccc(N3c5ccccc5C5(C)CCCC35C)cc1N2c1ccc(C(C)(C)C)cc1)CC(C)(C)C4. The molecule has 67 heavy (non-hydrogen) atoms. The minimum absolute atomic E-state index is 0.00156. The van der Waals surface area contributed by atoms with Crippen LogP contribution in [0.15, 0.2) is 140 Å². The zero-order chi connectivity index (χ0) is 46.6. The monoisotopic (exact) mass is 876 g/mol. The Morgan fingerprint density at radius 3 is 1.85 bits per heavy atom. The summed E-state index contributed by atoms with van der Waals surface area (Å²) in [6.45, 7) is 26.3. The van der Waals surface area contributed by atoms with Gasteiger partial charge in [0.05, 0.1) is 11.2 Å². The third kappa shape index (κ3) is 6.23. The molecule has 0 saturated heterocycles. The molecule has 7 aromatic rings. The van der Waals surface area contributed by atoms with E-state index >= 15 is 0 Å². The molecule has 3 nitrogen and oxygen atoms in total. The minimum atomic E-state index is -0.0231. The lowest BCUT2D eigenvalue weighted by molar-refractivity contribution is 0.330. The van der Waals surface area contributed by atoms with Crippen molar-refractivity contribution in [2.75, 3.05) is 14.7 Å². The molecule has 2 aliphatic carbocycles. The fourth-order valence-electron chi connectivity index (χ4n) is 13.4. The molecule has 0 radical (unpaired) electrons. The molecule has 2 atom stereocenters. The smallest absolute Gasteiger partial charge is 0.252 e. The maximum atomic E-state index is 2.74. The van der Waals surface area contributed by atoms with Crippen molar-refractivity contribution in [3.05, 3.63) is 173 Å². The quantitative estimate of drug-likeness (QED) is 0.163. The topological polar surface area (TPSA) is 9.72 Å². The van der Waals surface area contributed by atoms with E-state index in [0.717, 1.165) is 12.8 Å². The summed E-state index contributed by atoms with van der Waals surface area (Å²) in [5.41, 5.74) is 25.7. The van der Waals surface area contributed by atoms with Crippen LogP contribution < -0.4 is 31.1 Å². The highest BCUT2D eigenvalue weighted by atomic mass is 15.3. The standard InChI is InChI=1S/C63H66BN3/c1-40-32-56-58-57(33-40)66(52-29-24-45(60(5,6)7)36-48(52)41-18-13-12-14-19-41)54-35-43-39-61(8,9)38-42(43)34-51(54)64(58)50-28-27-47(37-55(50)65(56)46-25-22-44(23-26-46)59(2,3)4)67-53-21-16-15-20-49(53)62(10)30-17-31-63(62,67)11/h12-16,18-29,32-37H,17,30-31,38-39H2,1-11H3. The Morgan fingerprint density at radius 2 is 1.13 bits per heavy atom. The van der Waals surface area contributed by atoms with Gasteiger partial charge in [0.25, 0.3) is 6.71 Å². The highest BCUT2D eigenvalue weighted by molar-refractivity contribution is 7.00. The van der Waals surface area contributed by atoms with Crippen LogP contribution in [-0.2, 0) is 29.1 Å². The van der Waals surface area contributed by atoms with Crippen molar-refractivity contribution in [3.8, 4) is 11.1 Å². The number of hydrogen-bond acceptors (Lipinski definition) is 3. The summed E-state index contributed by atoms with van der Waals surface area (Å²) in [4.78, 5) is 8.04. The Balaban J connectivity index is 1.15. The van der Waals surface area contributed by atoms with E-state index in [1.165, 1.54) is 126 Å². The van der Waals surface area contributed by atoms with Gasteiger partial charge in [-0.2, -0.15) is 0 Å². The molecule has 1 saturated carbocycles. The Labute approximate surface area is 401 Å². The van der Waals surface area contributed by atoms with Crippen molar-refractivity contribution in [1.82, 2.24) is 0 Å². The Morgan fingerprint density at radius 1 is 0.507 bits per heavy atom. The zero-order valence-corrected chi connectivity index (χ0v) is 41.7. The summed E-state index contributed by atoms with van der Waals surface area (Å²) in [6, 6.07) is 55.0. The van der Waals surface area contributed by atoms with Crippen LogP contribution in [0.25, 0.3) is 11.1 Å². The van der Waals surface area contributed by atoms with E-state index in [2.05, 4.69) is 230 Å². The van der Waals surface area contributed by atoms with Crippen molar-refractivity contribution in [2.45, 2.75) is 130 Å². The van der Waals surface area contributed by atoms with Crippen LogP contribution in [0, 0.1) is 12.3 Å². The molecule has 336 valence electrons. The molecule has 0 N–H and O–H groups in total. The molecule has 5 aliphatic rings. The molecule has 0 amide bonds. The maximum absolute atomic E-state index is 2.74. The second-order valence-electron chi connectivity index (χ2n) is 24.2. The molecular weight excluding hydrogens is 810 g/mol. The number of rotatable bonds is 4. The average molecular weight is 876 g/mol. The lowest BCUT2D eigenvalue weighted by Crippen LogP contribution is -2.61. The van der Waals surface area contributed by atoms with Gasteiger partial charge in [-0.1, -0.05) is 148 Å². The fourth-order valence-corrected chi connectivity index (χ4v) is 13.4. The van der Waals surface area contributed by atoms with E-state index in [1.807, 2.05) is 0 Å². The van der Waals surface area contributed by atoms with Gasteiger partial charge in [0, 0.05) is 50.8 Å². The average Bonchev–Trinajstić information content (AvgIpc) is 3.84. The first-order valence-electron chi connectivity index (χ1n) is 25.1. The number of benzene rings is 7. The van der Waals surface area contributed by atoms with E-state index in [9.17, 15) is 0 Å². The second kappa shape index (κ2) is 14.3. The van der Waals surface area contributed by atoms with Gasteiger partial charge in [0.15, 0.2) is 0 Å². The molecule has 2 unspecified atom stereocenters. The number of anilines is 8. The predicted molar refractivity (Wildman–Crippen MR) is 287 cm³/mol. The normalized spacial score (nSPS) is 20.9. The first-order valence-corrected chi connectivity index (χ1v) is 25.1. The van der Waals surface area contributed by atoms with Crippen LogP contribution in [-0.4, -0.2) is 12.3 Å². The first-order chi connectivity index (χ1) is 31.8. The third-order valence-corrected chi connectivity index (χ3v) is 17.1. The maximum Gasteiger partial charge on any atom is 0.252 e. The van der Waals surface area contributed by atoms with Crippen LogP contribution in [0.1, 0.15) is 122 Å². The summed E-state index contributed by atoms with van der Waals surface area (Å²) in [7, 11) is 0. The summed E-state index contributed by atoms with van der Waals surface area (Å²) in [6.07, 6.45) is 5.81. The van der Waals surface area contributed by atoms with Crippen molar-refractivity contribution in [2.24, 2.45) is 5.41 Å². The van der Waals surface area contributed by atoms with Gasteiger partial charge in [-0.25, -0.2) is 0 Å². The zero-order valence-electron chi connectivity index (χ0n) is 41.7. The number of fused-ring (bicyclic) bond motifs is 8. The Kier molecular flexibility index (Phi) is 9.02. The number of hydrogen-bond donors (Lipinski definition) is 0. The fraction of sp³-hybridized carbons (Fsp3) is 0.333. The largest absolute Gasteiger partial charge is 0.334 e. The third-order valence-electron chi connectivity index (χ3n) is 17.1. The second-order valence-corrected chi connectivity index (χ2v) is 24.2. The number of aryl methyl sites for hydroxylation is 1. The van der Waals surface area contributed by atoms with Gasteiger partial charge in [-0.3, -0.25) is 0 Å². The Bertz CT molecular complexity index is 3170. The van der Waals surface area contributed by atoms with Gasteiger partial charge in [0.1, 0.15) is 0 Å². The lowest BCUT2D eigenvalue weighted by Gasteiger charge is -2.46. The van der Waals surface area contributed by atoms with Crippen LogP contribution >= 0.6 is 0 Å². The van der Waals surface area contributed by atoms with Crippen LogP contribution in [0.2, 0.25) is 0 Å².